The van der Waals surface area contributed by atoms with E-state index in [4.69, 9.17) is 4.74 Å². The van der Waals surface area contributed by atoms with E-state index in [1.807, 2.05) is 73.9 Å². The first kappa shape index (κ1) is 24.8. The number of rotatable bonds is 6. The van der Waals surface area contributed by atoms with E-state index in [-0.39, 0.29) is 17.8 Å². The Hall–Kier alpha value is -3.33. The zero-order valence-electron chi connectivity index (χ0n) is 20.4. The highest BCUT2D eigenvalue weighted by Crippen LogP contribution is 2.24. The van der Waals surface area contributed by atoms with Gasteiger partial charge in [0.05, 0.1) is 5.75 Å². The summed E-state index contributed by atoms with van der Waals surface area (Å²) in [5.74, 6) is 1.09. The fraction of sp³-hybridized carbons (Fsp3) is 0.385. The predicted molar refractivity (Wildman–Crippen MR) is 136 cm³/mol. The Bertz CT molecular complexity index is 1140. The van der Waals surface area contributed by atoms with Crippen molar-refractivity contribution in [3.63, 3.8) is 0 Å². The van der Waals surface area contributed by atoms with E-state index in [1.165, 1.54) is 11.8 Å². The summed E-state index contributed by atoms with van der Waals surface area (Å²) in [6.45, 7) is 7.45. The van der Waals surface area contributed by atoms with Gasteiger partial charge in [-0.2, -0.15) is 0 Å². The van der Waals surface area contributed by atoms with Crippen molar-refractivity contribution in [2.75, 3.05) is 31.9 Å². The maximum absolute atomic E-state index is 12.9. The lowest BCUT2D eigenvalue weighted by Gasteiger charge is -2.35. The van der Waals surface area contributed by atoms with Crippen molar-refractivity contribution in [3.8, 4) is 5.69 Å². The first-order valence-electron chi connectivity index (χ1n) is 11.7. The second-order valence-corrected chi connectivity index (χ2v) is 10.3. The van der Waals surface area contributed by atoms with Crippen molar-refractivity contribution < 1.29 is 14.3 Å². The molecule has 2 aromatic carbocycles. The maximum atomic E-state index is 12.9. The van der Waals surface area contributed by atoms with Crippen molar-refractivity contribution >= 4 is 23.8 Å². The zero-order valence-corrected chi connectivity index (χ0v) is 21.2. The van der Waals surface area contributed by atoms with E-state index in [0.717, 1.165) is 17.1 Å². The molecule has 184 valence electrons. The summed E-state index contributed by atoms with van der Waals surface area (Å²) in [6.07, 6.45) is 0.310. The number of aromatic nitrogens is 3. The minimum Gasteiger partial charge on any atom is -0.444 e. The van der Waals surface area contributed by atoms with E-state index in [1.54, 1.807) is 9.80 Å². The fourth-order valence-electron chi connectivity index (χ4n) is 3.81. The summed E-state index contributed by atoms with van der Waals surface area (Å²) in [5, 5.41) is 9.54. The number of piperazine rings is 1. The molecule has 2 amide bonds. The number of carbonyl (C=O) groups excluding carboxylic acids is 2. The Morgan fingerprint density at radius 2 is 1.49 bits per heavy atom. The number of para-hydroxylation sites is 1. The quantitative estimate of drug-likeness (QED) is 0.483. The van der Waals surface area contributed by atoms with Gasteiger partial charge in [0, 0.05) is 38.3 Å². The van der Waals surface area contributed by atoms with Crippen molar-refractivity contribution in [1.82, 2.24) is 24.6 Å². The second kappa shape index (κ2) is 10.9. The van der Waals surface area contributed by atoms with Crippen LogP contribution in [0.5, 0.6) is 0 Å². The minimum atomic E-state index is -0.533. The summed E-state index contributed by atoms with van der Waals surface area (Å²) in [4.78, 5) is 28.7. The lowest BCUT2D eigenvalue weighted by molar-refractivity contribution is -0.130. The number of hydrogen-bond donors (Lipinski definition) is 0. The smallest absolute Gasteiger partial charge is 0.410 e. The Kier molecular flexibility index (Phi) is 7.75. The van der Waals surface area contributed by atoms with E-state index >= 15 is 0 Å². The number of benzene rings is 2. The van der Waals surface area contributed by atoms with Gasteiger partial charge in [-0.3, -0.25) is 9.36 Å². The normalized spacial score (nSPS) is 14.1. The highest BCUT2D eigenvalue weighted by Gasteiger charge is 2.28. The van der Waals surface area contributed by atoms with E-state index in [9.17, 15) is 9.59 Å². The molecule has 3 aromatic rings. The van der Waals surface area contributed by atoms with Gasteiger partial charge in [0.25, 0.3) is 0 Å². The van der Waals surface area contributed by atoms with Gasteiger partial charge in [-0.1, -0.05) is 60.3 Å². The summed E-state index contributed by atoms with van der Waals surface area (Å²) < 4.78 is 7.46. The van der Waals surface area contributed by atoms with Crippen LogP contribution in [0.15, 0.2) is 65.8 Å². The van der Waals surface area contributed by atoms with Crippen LogP contribution in [0.2, 0.25) is 0 Å². The molecule has 0 bridgehead atoms. The predicted octanol–water partition coefficient (Wildman–Crippen LogP) is 4.03. The number of carbonyl (C=O) groups is 2. The van der Waals surface area contributed by atoms with Gasteiger partial charge in [-0.05, 0) is 38.5 Å². The van der Waals surface area contributed by atoms with Gasteiger partial charge in [0.2, 0.25) is 5.91 Å². The number of thioether (sulfide) groups is 1. The minimum absolute atomic E-state index is 0.0195. The highest BCUT2D eigenvalue weighted by atomic mass is 32.2. The summed E-state index contributed by atoms with van der Waals surface area (Å²) in [6, 6.07) is 20.1. The lowest BCUT2D eigenvalue weighted by atomic mass is 10.1. The molecule has 8 nitrogen and oxygen atoms in total. The molecule has 0 radical (unpaired) electrons. The summed E-state index contributed by atoms with van der Waals surface area (Å²) in [7, 11) is 0. The lowest BCUT2D eigenvalue weighted by Crippen LogP contribution is -2.52. The van der Waals surface area contributed by atoms with Crippen LogP contribution >= 0.6 is 11.8 Å². The standard InChI is InChI=1S/C26H31N5O3S/c1-26(2,3)34-25(33)30-16-14-29(15-17-30)23(32)19-35-24-28-27-22(18-20-10-6-4-7-11-20)31(24)21-12-8-5-9-13-21/h4-13H,14-19H2,1-3H3. The van der Waals surface area contributed by atoms with Crippen LogP contribution in [0.25, 0.3) is 5.69 Å². The zero-order chi connectivity index (χ0) is 24.8. The molecule has 0 unspecified atom stereocenters. The maximum Gasteiger partial charge on any atom is 0.410 e. The third-order valence-corrected chi connectivity index (χ3v) is 6.44. The molecule has 0 spiro atoms. The van der Waals surface area contributed by atoms with E-state index in [0.29, 0.717) is 37.8 Å². The van der Waals surface area contributed by atoms with Gasteiger partial charge in [0.1, 0.15) is 11.4 Å². The van der Waals surface area contributed by atoms with Crippen LogP contribution in [0, 0.1) is 0 Å². The molecular weight excluding hydrogens is 462 g/mol. The van der Waals surface area contributed by atoms with Crippen molar-refractivity contribution in [1.29, 1.82) is 0 Å². The van der Waals surface area contributed by atoms with Crippen LogP contribution < -0.4 is 0 Å². The second-order valence-electron chi connectivity index (χ2n) is 9.37. The van der Waals surface area contributed by atoms with Crippen LogP contribution in [-0.2, 0) is 16.0 Å². The van der Waals surface area contributed by atoms with Gasteiger partial charge in [-0.15, -0.1) is 10.2 Å². The molecule has 1 aliphatic heterocycles. The van der Waals surface area contributed by atoms with Gasteiger partial charge >= 0.3 is 6.09 Å². The molecule has 2 heterocycles. The summed E-state index contributed by atoms with van der Waals surface area (Å²) in [5.41, 5.74) is 1.58. The van der Waals surface area contributed by atoms with Crippen molar-refractivity contribution in [2.24, 2.45) is 0 Å². The number of hydrogen-bond acceptors (Lipinski definition) is 6. The molecule has 1 saturated heterocycles. The SMILES string of the molecule is CC(C)(C)OC(=O)N1CCN(C(=O)CSc2nnc(Cc3ccccc3)n2-c2ccccc2)CC1. The molecule has 1 fully saturated rings. The monoisotopic (exact) mass is 493 g/mol. The molecule has 4 rings (SSSR count). The third kappa shape index (κ3) is 6.63. The molecule has 0 aliphatic carbocycles. The van der Waals surface area contributed by atoms with Crippen LogP contribution in [0.1, 0.15) is 32.2 Å². The Morgan fingerprint density at radius 3 is 2.11 bits per heavy atom. The molecular formula is C26H31N5O3S. The molecule has 9 heteroatoms. The molecule has 0 saturated carbocycles. The fourth-order valence-corrected chi connectivity index (χ4v) is 4.68. The highest BCUT2D eigenvalue weighted by molar-refractivity contribution is 7.99. The van der Waals surface area contributed by atoms with Crippen LogP contribution in [0.3, 0.4) is 0 Å². The molecule has 0 atom stereocenters. The number of nitrogens with zero attached hydrogens (tertiary/aromatic N) is 5. The molecule has 35 heavy (non-hydrogen) atoms. The first-order valence-corrected chi connectivity index (χ1v) is 12.7. The van der Waals surface area contributed by atoms with Crippen LogP contribution in [0.4, 0.5) is 4.79 Å². The van der Waals surface area contributed by atoms with Gasteiger partial charge in [-0.25, -0.2) is 4.79 Å². The van der Waals surface area contributed by atoms with E-state index in [2.05, 4.69) is 22.3 Å². The Labute approximate surface area is 210 Å². The van der Waals surface area contributed by atoms with E-state index < -0.39 is 5.60 Å². The van der Waals surface area contributed by atoms with Gasteiger partial charge < -0.3 is 14.5 Å². The first-order chi connectivity index (χ1) is 16.8. The Morgan fingerprint density at radius 1 is 0.886 bits per heavy atom. The molecule has 1 aliphatic rings. The average molecular weight is 494 g/mol. The summed E-state index contributed by atoms with van der Waals surface area (Å²) >= 11 is 1.38. The van der Waals surface area contributed by atoms with Crippen molar-refractivity contribution in [2.45, 2.75) is 37.9 Å². The topological polar surface area (TPSA) is 80.6 Å². The Balaban J connectivity index is 1.40. The largest absolute Gasteiger partial charge is 0.444 e. The van der Waals surface area contributed by atoms with Crippen LogP contribution in [-0.4, -0.2) is 74.1 Å². The molecule has 0 N–H and O–H groups in total. The van der Waals surface area contributed by atoms with Crippen molar-refractivity contribution in [3.05, 3.63) is 72.1 Å². The third-order valence-electron chi connectivity index (χ3n) is 5.53. The number of ether oxygens (including phenoxy) is 1. The van der Waals surface area contributed by atoms with Gasteiger partial charge in [0.15, 0.2) is 5.16 Å². The number of amides is 2. The average Bonchev–Trinajstić information content (AvgIpc) is 3.25. The molecule has 1 aromatic heterocycles.